The van der Waals surface area contributed by atoms with Crippen LogP contribution in [0.25, 0.3) is 0 Å². The number of nitrogens with zero attached hydrogens (tertiary/aromatic N) is 1. The minimum absolute atomic E-state index is 0.114. The molecule has 0 radical (unpaired) electrons. The Balaban J connectivity index is 1.96. The van der Waals surface area contributed by atoms with Crippen molar-refractivity contribution < 1.29 is 18.4 Å². The Morgan fingerprint density at radius 3 is 2.67 bits per heavy atom. The van der Waals surface area contributed by atoms with Gasteiger partial charge in [-0.1, -0.05) is 24.2 Å². The van der Waals surface area contributed by atoms with E-state index in [1.807, 2.05) is 20.8 Å². The first-order chi connectivity index (χ1) is 11.4. The van der Waals surface area contributed by atoms with Crippen LogP contribution in [0.3, 0.4) is 0 Å². The zero-order valence-electron chi connectivity index (χ0n) is 14.4. The monoisotopic (exact) mass is 334 g/mol. The summed E-state index contributed by atoms with van der Waals surface area (Å²) in [6, 6.07) is 5.94. The normalized spacial score (nSPS) is 13.4. The Hall–Kier alpha value is -2.37. The number of amides is 1. The van der Waals surface area contributed by atoms with Gasteiger partial charge in [-0.15, -0.1) is 0 Å². The molecule has 0 spiro atoms. The van der Waals surface area contributed by atoms with Crippen LogP contribution < -0.4 is 10.1 Å². The molecule has 6 heteroatoms. The Labute approximate surface area is 141 Å². The van der Waals surface area contributed by atoms with Gasteiger partial charge in [0.2, 0.25) is 5.91 Å². The number of para-hydroxylation sites is 1. The summed E-state index contributed by atoms with van der Waals surface area (Å²) < 4.78 is 24.1. The van der Waals surface area contributed by atoms with E-state index in [4.69, 9.17) is 9.26 Å². The summed E-state index contributed by atoms with van der Waals surface area (Å²) in [5.74, 6) is -0.0250. The van der Waals surface area contributed by atoms with E-state index >= 15 is 0 Å². The predicted molar refractivity (Wildman–Crippen MR) is 88.5 cm³/mol. The number of benzene rings is 1. The summed E-state index contributed by atoms with van der Waals surface area (Å²) in [5.41, 5.74) is 1.56. The first-order valence-electron chi connectivity index (χ1n) is 8.04. The van der Waals surface area contributed by atoms with Gasteiger partial charge in [0.05, 0.1) is 17.7 Å². The molecule has 0 aliphatic heterocycles. The van der Waals surface area contributed by atoms with Crippen LogP contribution in [0.2, 0.25) is 0 Å². The molecule has 0 fully saturated rings. The Kier molecular flexibility index (Phi) is 5.95. The van der Waals surface area contributed by atoms with Gasteiger partial charge in [0, 0.05) is 5.56 Å². The number of rotatable bonds is 7. The predicted octanol–water partition coefficient (Wildman–Crippen LogP) is 3.51. The van der Waals surface area contributed by atoms with Gasteiger partial charge in [0.15, 0.2) is 11.6 Å². The molecule has 5 nitrogen and oxygen atoms in total. The van der Waals surface area contributed by atoms with E-state index in [1.165, 1.54) is 6.07 Å². The standard InChI is InChI=1S/C18H23FN2O3/c1-5-14(17-12(3)21-24-13(17)4)18(22)20-11(2)10-23-16-9-7-6-8-15(16)19/h6-9,11,14H,5,10H2,1-4H3,(H,20,22)/t11-,14-/m1/s1. The fraction of sp³-hybridized carbons (Fsp3) is 0.444. The number of carbonyl (C=O) groups excluding carboxylic acids is 1. The van der Waals surface area contributed by atoms with Gasteiger partial charge in [-0.25, -0.2) is 4.39 Å². The van der Waals surface area contributed by atoms with Crippen molar-refractivity contribution in [3.63, 3.8) is 0 Å². The molecule has 0 unspecified atom stereocenters. The van der Waals surface area contributed by atoms with Gasteiger partial charge in [-0.05, 0) is 39.3 Å². The minimum atomic E-state index is -0.418. The third-order valence-electron chi connectivity index (χ3n) is 3.88. The third kappa shape index (κ3) is 4.13. The van der Waals surface area contributed by atoms with Crippen molar-refractivity contribution in [2.75, 3.05) is 6.61 Å². The Bertz CT molecular complexity index is 680. The lowest BCUT2D eigenvalue weighted by Crippen LogP contribution is -2.39. The highest BCUT2D eigenvalue weighted by Gasteiger charge is 2.26. The second kappa shape index (κ2) is 7.95. The third-order valence-corrected chi connectivity index (χ3v) is 3.88. The van der Waals surface area contributed by atoms with Gasteiger partial charge in [0.1, 0.15) is 12.4 Å². The molecule has 1 heterocycles. The summed E-state index contributed by atoms with van der Waals surface area (Å²) >= 11 is 0. The van der Waals surface area contributed by atoms with Gasteiger partial charge in [0.25, 0.3) is 0 Å². The highest BCUT2D eigenvalue weighted by atomic mass is 19.1. The van der Waals surface area contributed by atoms with E-state index in [0.717, 1.165) is 11.3 Å². The van der Waals surface area contributed by atoms with E-state index in [2.05, 4.69) is 10.5 Å². The number of hydrogen-bond acceptors (Lipinski definition) is 4. The molecular weight excluding hydrogens is 311 g/mol. The van der Waals surface area contributed by atoms with Crippen molar-refractivity contribution in [3.05, 3.63) is 47.1 Å². The molecule has 2 aromatic rings. The van der Waals surface area contributed by atoms with Crippen molar-refractivity contribution in [1.29, 1.82) is 0 Å². The lowest BCUT2D eigenvalue weighted by molar-refractivity contribution is -0.123. The topological polar surface area (TPSA) is 64.4 Å². The SMILES string of the molecule is CC[C@@H](C(=O)N[C@H](C)COc1ccccc1F)c1c(C)noc1C. The highest BCUT2D eigenvalue weighted by molar-refractivity contribution is 5.84. The molecule has 1 N–H and O–H groups in total. The number of aromatic nitrogens is 1. The maximum Gasteiger partial charge on any atom is 0.228 e. The smallest absolute Gasteiger partial charge is 0.228 e. The van der Waals surface area contributed by atoms with Crippen LogP contribution in [0.1, 0.15) is 43.2 Å². The molecule has 0 aliphatic carbocycles. The van der Waals surface area contributed by atoms with Gasteiger partial charge >= 0.3 is 0 Å². The van der Waals surface area contributed by atoms with Crippen LogP contribution >= 0.6 is 0 Å². The number of ether oxygens (including phenoxy) is 1. The molecule has 0 saturated carbocycles. The largest absolute Gasteiger partial charge is 0.488 e. The zero-order chi connectivity index (χ0) is 17.7. The van der Waals surface area contributed by atoms with Crippen molar-refractivity contribution in [2.45, 2.75) is 46.1 Å². The van der Waals surface area contributed by atoms with Crippen LogP contribution in [0.15, 0.2) is 28.8 Å². The van der Waals surface area contributed by atoms with Crippen molar-refractivity contribution in [2.24, 2.45) is 0 Å². The average Bonchev–Trinajstić information content (AvgIpc) is 2.87. The van der Waals surface area contributed by atoms with Gasteiger partial charge in [-0.3, -0.25) is 4.79 Å². The molecular formula is C18H23FN2O3. The summed E-state index contributed by atoms with van der Waals surface area (Å²) in [7, 11) is 0. The first kappa shape index (κ1) is 18.0. The summed E-state index contributed by atoms with van der Waals surface area (Å²) in [6.07, 6.45) is 0.635. The van der Waals surface area contributed by atoms with E-state index in [-0.39, 0.29) is 30.2 Å². The van der Waals surface area contributed by atoms with Crippen molar-refractivity contribution >= 4 is 5.91 Å². The van der Waals surface area contributed by atoms with E-state index in [9.17, 15) is 9.18 Å². The van der Waals surface area contributed by atoms with Gasteiger partial charge < -0.3 is 14.6 Å². The molecule has 2 atom stereocenters. The maximum absolute atomic E-state index is 13.5. The molecule has 1 amide bonds. The molecule has 0 bridgehead atoms. The van der Waals surface area contributed by atoms with Crippen LogP contribution in [0, 0.1) is 19.7 Å². The fourth-order valence-electron chi connectivity index (χ4n) is 2.67. The average molecular weight is 334 g/mol. The molecule has 130 valence electrons. The maximum atomic E-state index is 13.5. The van der Waals surface area contributed by atoms with Crippen LogP contribution in [0.4, 0.5) is 4.39 Å². The molecule has 1 aromatic heterocycles. The zero-order valence-corrected chi connectivity index (χ0v) is 14.4. The Morgan fingerprint density at radius 1 is 1.38 bits per heavy atom. The van der Waals surface area contributed by atoms with Crippen LogP contribution in [-0.4, -0.2) is 23.7 Å². The number of halogens is 1. The van der Waals surface area contributed by atoms with Crippen LogP contribution in [0.5, 0.6) is 5.75 Å². The van der Waals surface area contributed by atoms with Crippen molar-refractivity contribution in [3.8, 4) is 5.75 Å². The lowest BCUT2D eigenvalue weighted by atomic mass is 9.94. The fourth-order valence-corrected chi connectivity index (χ4v) is 2.67. The second-order valence-corrected chi connectivity index (χ2v) is 5.85. The van der Waals surface area contributed by atoms with Crippen LogP contribution in [-0.2, 0) is 4.79 Å². The number of hydrogen-bond donors (Lipinski definition) is 1. The molecule has 1 aromatic carbocycles. The van der Waals surface area contributed by atoms with E-state index in [0.29, 0.717) is 12.2 Å². The number of nitrogens with one attached hydrogen (secondary N) is 1. The van der Waals surface area contributed by atoms with Gasteiger partial charge in [-0.2, -0.15) is 0 Å². The van der Waals surface area contributed by atoms with Crippen molar-refractivity contribution in [1.82, 2.24) is 10.5 Å². The molecule has 0 saturated heterocycles. The summed E-state index contributed by atoms with van der Waals surface area (Å²) in [4.78, 5) is 12.6. The first-order valence-corrected chi connectivity index (χ1v) is 8.04. The lowest BCUT2D eigenvalue weighted by Gasteiger charge is -2.20. The highest BCUT2D eigenvalue weighted by Crippen LogP contribution is 2.26. The second-order valence-electron chi connectivity index (χ2n) is 5.85. The minimum Gasteiger partial charge on any atom is -0.488 e. The van der Waals surface area contributed by atoms with E-state index in [1.54, 1.807) is 25.1 Å². The quantitative estimate of drug-likeness (QED) is 0.841. The molecule has 2 rings (SSSR count). The number of carbonyl (C=O) groups is 1. The Morgan fingerprint density at radius 2 is 2.08 bits per heavy atom. The molecule has 24 heavy (non-hydrogen) atoms. The summed E-state index contributed by atoms with van der Waals surface area (Å²) in [5, 5.41) is 6.82. The molecule has 0 aliphatic rings. The number of aryl methyl sites for hydroxylation is 2. The van der Waals surface area contributed by atoms with E-state index < -0.39 is 5.82 Å². The summed E-state index contributed by atoms with van der Waals surface area (Å²) in [6.45, 7) is 7.57.